The predicted octanol–water partition coefficient (Wildman–Crippen LogP) is 3.53. The molecule has 0 amide bonds. The molecule has 16 heavy (non-hydrogen) atoms. The zero-order valence-corrected chi connectivity index (χ0v) is 10.3. The number of ketones is 2. The van der Waals surface area contributed by atoms with Crippen LogP contribution in [0.1, 0.15) is 37.0 Å². The SMILES string of the molecule is CCC(C)C(=O)CC(=O)c1cccc(Cl)c1. The summed E-state index contributed by atoms with van der Waals surface area (Å²) in [5.74, 6) is -0.219. The molecule has 0 bridgehead atoms. The fourth-order valence-electron chi connectivity index (χ4n) is 1.32. The number of benzene rings is 1. The van der Waals surface area contributed by atoms with Gasteiger partial charge >= 0.3 is 0 Å². The van der Waals surface area contributed by atoms with Gasteiger partial charge in [0, 0.05) is 16.5 Å². The third kappa shape index (κ3) is 3.46. The van der Waals surface area contributed by atoms with E-state index in [1.165, 1.54) is 0 Å². The van der Waals surface area contributed by atoms with Crippen LogP contribution in [0.5, 0.6) is 0 Å². The van der Waals surface area contributed by atoms with E-state index in [2.05, 4.69) is 0 Å². The van der Waals surface area contributed by atoms with Crippen LogP contribution >= 0.6 is 11.6 Å². The first-order valence-electron chi connectivity index (χ1n) is 5.36. The second-order valence-corrected chi connectivity index (χ2v) is 4.32. The van der Waals surface area contributed by atoms with Gasteiger partial charge < -0.3 is 0 Å². The number of rotatable bonds is 5. The van der Waals surface area contributed by atoms with E-state index in [0.29, 0.717) is 10.6 Å². The first kappa shape index (κ1) is 12.9. The van der Waals surface area contributed by atoms with Crippen molar-refractivity contribution in [2.45, 2.75) is 26.7 Å². The topological polar surface area (TPSA) is 34.1 Å². The number of carbonyl (C=O) groups is 2. The molecule has 0 heterocycles. The molecule has 1 aromatic rings. The molecule has 0 saturated carbocycles. The van der Waals surface area contributed by atoms with Gasteiger partial charge in [-0.2, -0.15) is 0 Å². The van der Waals surface area contributed by atoms with Crippen molar-refractivity contribution >= 4 is 23.2 Å². The van der Waals surface area contributed by atoms with Crippen LogP contribution in [-0.4, -0.2) is 11.6 Å². The summed E-state index contributed by atoms with van der Waals surface area (Å²) >= 11 is 5.78. The summed E-state index contributed by atoms with van der Waals surface area (Å²) in [6.07, 6.45) is 0.733. The van der Waals surface area contributed by atoms with Gasteiger partial charge in [0.05, 0.1) is 6.42 Å². The molecule has 1 rings (SSSR count). The minimum absolute atomic E-state index is 0.00697. The van der Waals surface area contributed by atoms with Gasteiger partial charge in [-0.25, -0.2) is 0 Å². The second kappa shape index (κ2) is 5.80. The van der Waals surface area contributed by atoms with E-state index in [9.17, 15) is 9.59 Å². The van der Waals surface area contributed by atoms with Gasteiger partial charge in [-0.05, 0) is 18.6 Å². The summed E-state index contributed by atoms with van der Waals surface area (Å²) < 4.78 is 0. The summed E-state index contributed by atoms with van der Waals surface area (Å²) in [4.78, 5) is 23.3. The summed E-state index contributed by atoms with van der Waals surface area (Å²) in [5, 5.41) is 0.516. The molecule has 0 aliphatic heterocycles. The number of hydrogen-bond donors (Lipinski definition) is 0. The number of halogens is 1. The predicted molar refractivity (Wildman–Crippen MR) is 64.9 cm³/mol. The summed E-state index contributed by atoms with van der Waals surface area (Å²) in [5.41, 5.74) is 0.504. The van der Waals surface area contributed by atoms with E-state index in [0.717, 1.165) is 6.42 Å². The van der Waals surface area contributed by atoms with Crippen molar-refractivity contribution in [1.29, 1.82) is 0 Å². The Bertz CT molecular complexity index is 399. The summed E-state index contributed by atoms with van der Waals surface area (Å²) in [6, 6.07) is 6.68. The van der Waals surface area contributed by atoms with Crippen LogP contribution < -0.4 is 0 Å². The van der Waals surface area contributed by atoms with Gasteiger partial charge in [0.25, 0.3) is 0 Å². The third-order valence-corrected chi connectivity index (χ3v) is 2.88. The standard InChI is InChI=1S/C13H15ClO2/c1-3-9(2)12(15)8-13(16)10-5-4-6-11(14)7-10/h4-7,9H,3,8H2,1-2H3. The summed E-state index contributed by atoms with van der Waals surface area (Å²) in [6.45, 7) is 3.78. The lowest BCUT2D eigenvalue weighted by molar-refractivity contribution is -0.121. The largest absolute Gasteiger partial charge is 0.299 e. The molecule has 0 N–H and O–H groups in total. The first-order chi connectivity index (χ1) is 7.54. The van der Waals surface area contributed by atoms with E-state index in [1.54, 1.807) is 24.3 Å². The highest BCUT2D eigenvalue weighted by Crippen LogP contribution is 2.14. The minimum Gasteiger partial charge on any atom is -0.299 e. The molecule has 0 aromatic heterocycles. The van der Waals surface area contributed by atoms with Gasteiger partial charge in [0.15, 0.2) is 5.78 Å². The molecule has 0 spiro atoms. The molecule has 0 radical (unpaired) electrons. The van der Waals surface area contributed by atoms with Crippen LogP contribution in [0.15, 0.2) is 24.3 Å². The molecule has 0 aliphatic carbocycles. The second-order valence-electron chi connectivity index (χ2n) is 3.89. The number of carbonyl (C=O) groups excluding carboxylic acids is 2. The van der Waals surface area contributed by atoms with E-state index >= 15 is 0 Å². The van der Waals surface area contributed by atoms with E-state index in [4.69, 9.17) is 11.6 Å². The van der Waals surface area contributed by atoms with Crippen LogP contribution in [0, 0.1) is 5.92 Å². The van der Waals surface area contributed by atoms with E-state index in [-0.39, 0.29) is 23.9 Å². The van der Waals surface area contributed by atoms with Gasteiger partial charge in [-0.15, -0.1) is 0 Å². The maximum Gasteiger partial charge on any atom is 0.170 e. The van der Waals surface area contributed by atoms with Crippen molar-refractivity contribution in [3.8, 4) is 0 Å². The smallest absolute Gasteiger partial charge is 0.170 e. The van der Waals surface area contributed by atoms with Crippen LogP contribution in [0.3, 0.4) is 0 Å². The molecule has 86 valence electrons. The highest BCUT2D eigenvalue weighted by Gasteiger charge is 2.16. The lowest BCUT2D eigenvalue weighted by atomic mass is 9.97. The highest BCUT2D eigenvalue weighted by molar-refractivity contribution is 6.31. The molecule has 2 nitrogen and oxygen atoms in total. The molecular weight excluding hydrogens is 224 g/mol. The monoisotopic (exact) mass is 238 g/mol. The molecule has 0 fully saturated rings. The third-order valence-electron chi connectivity index (χ3n) is 2.64. The lowest BCUT2D eigenvalue weighted by Crippen LogP contribution is -2.15. The average molecular weight is 239 g/mol. The number of hydrogen-bond acceptors (Lipinski definition) is 2. The van der Waals surface area contributed by atoms with Crippen LogP contribution in [0.4, 0.5) is 0 Å². The molecule has 1 atom stereocenters. The Balaban J connectivity index is 2.69. The van der Waals surface area contributed by atoms with Gasteiger partial charge in [0.1, 0.15) is 5.78 Å². The molecule has 0 saturated heterocycles. The average Bonchev–Trinajstić information content (AvgIpc) is 2.27. The van der Waals surface area contributed by atoms with Gasteiger partial charge in [0.2, 0.25) is 0 Å². The highest BCUT2D eigenvalue weighted by atomic mass is 35.5. The fourth-order valence-corrected chi connectivity index (χ4v) is 1.51. The Morgan fingerprint density at radius 1 is 1.38 bits per heavy atom. The van der Waals surface area contributed by atoms with E-state index < -0.39 is 0 Å². The van der Waals surface area contributed by atoms with Crippen LogP contribution in [0.25, 0.3) is 0 Å². The fraction of sp³-hybridized carbons (Fsp3) is 0.385. The molecular formula is C13H15ClO2. The van der Waals surface area contributed by atoms with Crippen molar-refractivity contribution in [3.05, 3.63) is 34.9 Å². The van der Waals surface area contributed by atoms with Crippen molar-refractivity contribution in [1.82, 2.24) is 0 Å². The van der Waals surface area contributed by atoms with Crippen LogP contribution in [-0.2, 0) is 4.79 Å². The quantitative estimate of drug-likeness (QED) is 0.581. The Morgan fingerprint density at radius 3 is 2.62 bits per heavy atom. The number of Topliss-reactive ketones (excluding diaryl/α,β-unsaturated/α-hetero) is 2. The maximum atomic E-state index is 11.7. The van der Waals surface area contributed by atoms with Gasteiger partial charge in [-0.1, -0.05) is 37.6 Å². The zero-order valence-electron chi connectivity index (χ0n) is 9.50. The molecule has 3 heteroatoms. The van der Waals surface area contributed by atoms with E-state index in [1.807, 2.05) is 13.8 Å². The van der Waals surface area contributed by atoms with Gasteiger partial charge in [-0.3, -0.25) is 9.59 Å². The van der Waals surface area contributed by atoms with Crippen molar-refractivity contribution in [2.75, 3.05) is 0 Å². The Hall–Kier alpha value is -1.15. The Labute approximate surface area is 101 Å². The Morgan fingerprint density at radius 2 is 2.06 bits per heavy atom. The summed E-state index contributed by atoms with van der Waals surface area (Å²) in [7, 11) is 0. The molecule has 1 unspecified atom stereocenters. The first-order valence-corrected chi connectivity index (χ1v) is 5.74. The zero-order chi connectivity index (χ0) is 12.1. The van der Waals surface area contributed by atoms with Crippen molar-refractivity contribution in [3.63, 3.8) is 0 Å². The molecule has 0 aliphatic rings. The minimum atomic E-state index is -0.159. The normalized spacial score (nSPS) is 12.2. The Kier molecular flexibility index (Phi) is 4.69. The van der Waals surface area contributed by atoms with Crippen LogP contribution in [0.2, 0.25) is 5.02 Å². The van der Waals surface area contributed by atoms with Crippen molar-refractivity contribution < 1.29 is 9.59 Å². The van der Waals surface area contributed by atoms with Crippen molar-refractivity contribution in [2.24, 2.45) is 5.92 Å². The molecule has 1 aromatic carbocycles. The lowest BCUT2D eigenvalue weighted by Gasteiger charge is -2.06. The maximum absolute atomic E-state index is 11.7.